The van der Waals surface area contributed by atoms with Crippen LogP contribution in [0.2, 0.25) is 0 Å². The van der Waals surface area contributed by atoms with Crippen molar-refractivity contribution in [3.05, 3.63) is 0 Å². The quantitative estimate of drug-likeness (QED) is 0.436. The van der Waals surface area contributed by atoms with Gasteiger partial charge in [0.2, 0.25) is 5.91 Å². The maximum absolute atomic E-state index is 11.8. The second-order valence-corrected chi connectivity index (χ2v) is 6.38. The number of ether oxygens (including phenoxy) is 1. The summed E-state index contributed by atoms with van der Waals surface area (Å²) in [6, 6.07) is 0. The second-order valence-electron chi connectivity index (χ2n) is 6.38. The summed E-state index contributed by atoms with van der Waals surface area (Å²) in [5.74, 6) is 0.553. The first kappa shape index (κ1) is 18.3. The lowest BCUT2D eigenvalue weighted by Gasteiger charge is -2.27. The standard InChI is InChI=1S/C15H28N4O3/c1-10-7-19(8-11(10)12(20)22-6)14(17-5)18-9-15(2,3)13(21)16-4/h10-11H,7-9H2,1-6H3,(H,16,21)(H,17,18). The number of amides is 1. The lowest BCUT2D eigenvalue weighted by molar-refractivity contribution is -0.146. The van der Waals surface area contributed by atoms with E-state index in [1.165, 1.54) is 7.11 Å². The smallest absolute Gasteiger partial charge is 0.310 e. The summed E-state index contributed by atoms with van der Waals surface area (Å²) in [4.78, 5) is 29.9. The molecule has 0 aromatic heterocycles. The molecule has 2 unspecified atom stereocenters. The van der Waals surface area contributed by atoms with Crippen LogP contribution in [0.25, 0.3) is 0 Å². The number of guanidine groups is 1. The number of hydrogen-bond acceptors (Lipinski definition) is 4. The van der Waals surface area contributed by atoms with Gasteiger partial charge in [-0.3, -0.25) is 14.6 Å². The van der Waals surface area contributed by atoms with Crippen LogP contribution in [0.4, 0.5) is 0 Å². The third kappa shape index (κ3) is 4.11. The number of esters is 1. The van der Waals surface area contributed by atoms with E-state index in [9.17, 15) is 9.59 Å². The Bertz CT molecular complexity index is 448. The molecule has 0 radical (unpaired) electrons. The molecule has 1 rings (SSSR count). The minimum atomic E-state index is -0.544. The number of rotatable bonds is 4. The van der Waals surface area contributed by atoms with E-state index in [1.54, 1.807) is 14.1 Å². The molecule has 1 heterocycles. The molecule has 7 nitrogen and oxygen atoms in total. The topological polar surface area (TPSA) is 83.0 Å². The highest BCUT2D eigenvalue weighted by molar-refractivity contribution is 5.85. The van der Waals surface area contributed by atoms with Gasteiger partial charge < -0.3 is 20.3 Å². The van der Waals surface area contributed by atoms with Crippen LogP contribution in [0.3, 0.4) is 0 Å². The van der Waals surface area contributed by atoms with E-state index >= 15 is 0 Å². The molecular weight excluding hydrogens is 284 g/mol. The molecule has 0 spiro atoms. The molecule has 0 aromatic rings. The summed E-state index contributed by atoms with van der Waals surface area (Å²) >= 11 is 0. The monoisotopic (exact) mass is 312 g/mol. The van der Waals surface area contributed by atoms with Gasteiger partial charge in [-0.25, -0.2) is 0 Å². The van der Waals surface area contributed by atoms with Crippen LogP contribution in [-0.2, 0) is 14.3 Å². The van der Waals surface area contributed by atoms with Crippen LogP contribution in [0.5, 0.6) is 0 Å². The first-order chi connectivity index (χ1) is 10.3. The summed E-state index contributed by atoms with van der Waals surface area (Å²) in [5.41, 5.74) is -0.544. The second kappa shape index (κ2) is 7.47. The fourth-order valence-electron chi connectivity index (χ4n) is 2.65. The van der Waals surface area contributed by atoms with Crippen molar-refractivity contribution in [3.63, 3.8) is 0 Å². The molecule has 1 amide bonds. The third-order valence-electron chi connectivity index (χ3n) is 4.16. The maximum Gasteiger partial charge on any atom is 0.310 e. The van der Waals surface area contributed by atoms with E-state index < -0.39 is 5.41 Å². The zero-order valence-corrected chi connectivity index (χ0v) is 14.4. The van der Waals surface area contributed by atoms with Crippen molar-refractivity contribution < 1.29 is 14.3 Å². The summed E-state index contributed by atoms with van der Waals surface area (Å²) < 4.78 is 4.85. The Morgan fingerprint density at radius 3 is 2.50 bits per heavy atom. The molecule has 1 aliphatic heterocycles. The molecule has 126 valence electrons. The molecule has 2 N–H and O–H groups in total. The fraction of sp³-hybridized carbons (Fsp3) is 0.800. The number of aliphatic imine (C=N–C) groups is 1. The van der Waals surface area contributed by atoms with Crippen molar-refractivity contribution in [1.82, 2.24) is 15.5 Å². The number of carbonyl (C=O) groups excluding carboxylic acids is 2. The number of nitrogens with one attached hydrogen (secondary N) is 2. The van der Waals surface area contributed by atoms with Crippen LogP contribution < -0.4 is 10.6 Å². The molecular formula is C15H28N4O3. The first-order valence-corrected chi connectivity index (χ1v) is 7.52. The van der Waals surface area contributed by atoms with Gasteiger partial charge in [-0.15, -0.1) is 0 Å². The Morgan fingerprint density at radius 1 is 1.36 bits per heavy atom. The van der Waals surface area contributed by atoms with Gasteiger partial charge in [-0.05, 0) is 19.8 Å². The van der Waals surface area contributed by atoms with E-state index in [0.29, 0.717) is 19.0 Å². The Kier molecular flexibility index (Phi) is 6.20. The Morgan fingerprint density at radius 2 is 2.00 bits per heavy atom. The highest BCUT2D eigenvalue weighted by Crippen LogP contribution is 2.24. The minimum Gasteiger partial charge on any atom is -0.469 e. The zero-order valence-electron chi connectivity index (χ0n) is 14.4. The van der Waals surface area contributed by atoms with Gasteiger partial charge in [0.25, 0.3) is 0 Å². The molecule has 1 aliphatic rings. The average molecular weight is 312 g/mol. The average Bonchev–Trinajstić information content (AvgIpc) is 2.87. The van der Waals surface area contributed by atoms with Crippen molar-refractivity contribution in [2.24, 2.45) is 22.2 Å². The van der Waals surface area contributed by atoms with Crippen molar-refractivity contribution in [3.8, 4) is 0 Å². The molecule has 0 saturated carbocycles. The van der Waals surface area contributed by atoms with Crippen LogP contribution in [-0.4, -0.2) is 63.6 Å². The number of nitrogens with zero attached hydrogens (tertiary/aromatic N) is 2. The van der Waals surface area contributed by atoms with Crippen LogP contribution >= 0.6 is 0 Å². The SMILES string of the molecule is CN=C(NCC(C)(C)C(=O)NC)N1CC(C)C(C(=O)OC)C1. The number of carbonyl (C=O) groups is 2. The van der Waals surface area contributed by atoms with E-state index in [2.05, 4.69) is 15.6 Å². The van der Waals surface area contributed by atoms with E-state index in [0.717, 1.165) is 6.54 Å². The Labute approximate surface area is 132 Å². The predicted molar refractivity (Wildman–Crippen MR) is 85.5 cm³/mol. The van der Waals surface area contributed by atoms with Crippen LogP contribution in [0, 0.1) is 17.3 Å². The number of hydrogen-bond donors (Lipinski definition) is 2. The molecule has 1 saturated heterocycles. The largest absolute Gasteiger partial charge is 0.469 e. The van der Waals surface area contributed by atoms with Gasteiger partial charge in [0.05, 0.1) is 18.4 Å². The fourth-order valence-corrected chi connectivity index (χ4v) is 2.65. The zero-order chi connectivity index (χ0) is 16.9. The van der Waals surface area contributed by atoms with Gasteiger partial charge in [-0.1, -0.05) is 6.92 Å². The molecule has 0 aromatic carbocycles. The van der Waals surface area contributed by atoms with E-state index in [4.69, 9.17) is 4.74 Å². The van der Waals surface area contributed by atoms with Gasteiger partial charge in [-0.2, -0.15) is 0 Å². The lowest BCUT2D eigenvalue weighted by Crippen LogP contribution is -2.48. The van der Waals surface area contributed by atoms with Crippen molar-refractivity contribution in [2.45, 2.75) is 20.8 Å². The highest BCUT2D eigenvalue weighted by atomic mass is 16.5. The highest BCUT2D eigenvalue weighted by Gasteiger charge is 2.37. The first-order valence-electron chi connectivity index (χ1n) is 7.52. The summed E-state index contributed by atoms with van der Waals surface area (Å²) in [7, 11) is 4.74. The van der Waals surface area contributed by atoms with Gasteiger partial charge >= 0.3 is 5.97 Å². The van der Waals surface area contributed by atoms with Gasteiger partial charge in [0.15, 0.2) is 5.96 Å². The summed E-state index contributed by atoms with van der Waals surface area (Å²) in [6.07, 6.45) is 0. The van der Waals surface area contributed by atoms with Crippen LogP contribution in [0.15, 0.2) is 4.99 Å². The minimum absolute atomic E-state index is 0.0299. The molecule has 1 fully saturated rings. The molecule has 7 heteroatoms. The van der Waals surface area contributed by atoms with Crippen molar-refractivity contribution in [1.29, 1.82) is 0 Å². The third-order valence-corrected chi connectivity index (χ3v) is 4.16. The Balaban J connectivity index is 2.67. The number of methoxy groups -OCH3 is 1. The van der Waals surface area contributed by atoms with Crippen LogP contribution in [0.1, 0.15) is 20.8 Å². The van der Waals surface area contributed by atoms with E-state index in [1.807, 2.05) is 25.7 Å². The molecule has 0 aliphatic carbocycles. The molecule has 22 heavy (non-hydrogen) atoms. The van der Waals surface area contributed by atoms with E-state index in [-0.39, 0.29) is 23.7 Å². The molecule has 0 bridgehead atoms. The summed E-state index contributed by atoms with van der Waals surface area (Å²) in [5, 5.41) is 5.89. The van der Waals surface area contributed by atoms with Crippen molar-refractivity contribution >= 4 is 17.8 Å². The van der Waals surface area contributed by atoms with Gasteiger partial charge in [0, 0.05) is 33.7 Å². The predicted octanol–water partition coefficient (Wildman–Crippen LogP) is 0.0749. The van der Waals surface area contributed by atoms with Crippen molar-refractivity contribution in [2.75, 3.05) is 40.8 Å². The number of likely N-dealkylation sites (tertiary alicyclic amines) is 1. The lowest BCUT2D eigenvalue weighted by atomic mass is 9.92. The summed E-state index contributed by atoms with van der Waals surface area (Å²) in [6.45, 7) is 7.55. The molecule has 2 atom stereocenters. The van der Waals surface area contributed by atoms with Gasteiger partial charge in [0.1, 0.15) is 0 Å². The Hall–Kier alpha value is -1.79. The maximum atomic E-state index is 11.8. The normalized spacial score (nSPS) is 22.5.